The van der Waals surface area contributed by atoms with Crippen molar-refractivity contribution >= 4 is 5.91 Å². The minimum absolute atomic E-state index is 0.0901. The van der Waals surface area contributed by atoms with Crippen molar-refractivity contribution in [1.29, 1.82) is 0 Å². The fraction of sp³-hybridized carbons (Fsp3) is 0.250. The van der Waals surface area contributed by atoms with Crippen molar-refractivity contribution in [3.8, 4) is 5.75 Å². The van der Waals surface area contributed by atoms with E-state index in [2.05, 4.69) is 10.3 Å². The fourth-order valence-corrected chi connectivity index (χ4v) is 2.71. The summed E-state index contributed by atoms with van der Waals surface area (Å²) in [5.74, 6) is 0.631. The monoisotopic (exact) mass is 350 g/mol. The summed E-state index contributed by atoms with van der Waals surface area (Å²) in [7, 11) is 3.40. The van der Waals surface area contributed by atoms with Gasteiger partial charge >= 0.3 is 0 Å². The van der Waals surface area contributed by atoms with Crippen LogP contribution in [0.15, 0.2) is 60.8 Å². The molecule has 0 spiro atoms. The minimum Gasteiger partial charge on any atom is -0.497 e. The Morgan fingerprint density at radius 3 is 2.50 bits per heavy atom. The van der Waals surface area contributed by atoms with Crippen LogP contribution in [-0.4, -0.2) is 40.0 Å². The molecule has 2 aromatic carbocycles. The Morgan fingerprint density at radius 2 is 1.85 bits per heavy atom. The minimum atomic E-state index is -0.160. The fourth-order valence-electron chi connectivity index (χ4n) is 2.71. The quantitative estimate of drug-likeness (QED) is 0.685. The van der Waals surface area contributed by atoms with Gasteiger partial charge in [0.15, 0.2) is 5.69 Å². The second kappa shape index (κ2) is 7.82. The first-order valence-electron chi connectivity index (χ1n) is 8.43. The van der Waals surface area contributed by atoms with Gasteiger partial charge in [0.25, 0.3) is 5.91 Å². The second-order valence-corrected chi connectivity index (χ2v) is 6.15. The maximum Gasteiger partial charge on any atom is 0.276 e. The van der Waals surface area contributed by atoms with E-state index in [4.69, 9.17) is 4.74 Å². The molecule has 1 atom stereocenters. The summed E-state index contributed by atoms with van der Waals surface area (Å²) in [5, 5.41) is 8.11. The number of carbonyl (C=O) groups is 1. The third kappa shape index (κ3) is 3.91. The number of hydrogen-bond donors (Lipinski definition) is 0. The number of ether oxygens (including phenoxy) is 1. The van der Waals surface area contributed by atoms with E-state index in [1.54, 1.807) is 29.9 Å². The molecule has 0 bridgehead atoms. The molecule has 0 N–H and O–H groups in total. The zero-order valence-electron chi connectivity index (χ0n) is 15.2. The van der Waals surface area contributed by atoms with E-state index < -0.39 is 0 Å². The zero-order valence-corrected chi connectivity index (χ0v) is 15.2. The van der Waals surface area contributed by atoms with Crippen LogP contribution in [0.1, 0.15) is 34.6 Å². The summed E-state index contributed by atoms with van der Waals surface area (Å²) in [6.07, 6.45) is 1.69. The molecule has 1 unspecified atom stereocenters. The highest BCUT2D eigenvalue weighted by atomic mass is 16.5. The van der Waals surface area contributed by atoms with E-state index >= 15 is 0 Å². The molecule has 0 fully saturated rings. The lowest BCUT2D eigenvalue weighted by Crippen LogP contribution is -2.30. The van der Waals surface area contributed by atoms with Crippen molar-refractivity contribution in [2.24, 2.45) is 0 Å². The van der Waals surface area contributed by atoms with E-state index in [-0.39, 0.29) is 11.9 Å². The maximum atomic E-state index is 12.7. The molecule has 0 radical (unpaired) electrons. The van der Waals surface area contributed by atoms with Gasteiger partial charge in [-0.25, -0.2) is 4.68 Å². The number of methoxy groups -OCH3 is 1. The van der Waals surface area contributed by atoms with Crippen molar-refractivity contribution in [2.75, 3.05) is 14.2 Å². The summed E-state index contributed by atoms with van der Waals surface area (Å²) >= 11 is 0. The summed E-state index contributed by atoms with van der Waals surface area (Å²) in [6, 6.07) is 17.6. The van der Waals surface area contributed by atoms with Crippen LogP contribution in [0, 0.1) is 0 Å². The van der Waals surface area contributed by atoms with Crippen LogP contribution in [0.2, 0.25) is 0 Å². The van der Waals surface area contributed by atoms with Gasteiger partial charge in [0.2, 0.25) is 0 Å². The van der Waals surface area contributed by atoms with E-state index in [1.807, 2.05) is 61.5 Å². The van der Waals surface area contributed by atoms with Crippen LogP contribution in [-0.2, 0) is 6.54 Å². The molecule has 0 saturated carbocycles. The zero-order chi connectivity index (χ0) is 18.5. The van der Waals surface area contributed by atoms with Crippen molar-refractivity contribution < 1.29 is 9.53 Å². The first kappa shape index (κ1) is 17.7. The normalized spacial score (nSPS) is 11.8. The van der Waals surface area contributed by atoms with E-state index in [1.165, 1.54) is 0 Å². The number of hydrogen-bond acceptors (Lipinski definition) is 4. The van der Waals surface area contributed by atoms with E-state index in [9.17, 15) is 4.79 Å². The Balaban J connectivity index is 1.69. The van der Waals surface area contributed by atoms with Gasteiger partial charge in [-0.1, -0.05) is 47.7 Å². The smallest absolute Gasteiger partial charge is 0.276 e. The van der Waals surface area contributed by atoms with Gasteiger partial charge in [0, 0.05) is 7.05 Å². The third-order valence-electron chi connectivity index (χ3n) is 4.44. The molecule has 3 aromatic rings. The number of carbonyl (C=O) groups excluding carboxylic acids is 1. The van der Waals surface area contributed by atoms with Gasteiger partial charge in [0.1, 0.15) is 5.75 Å². The topological polar surface area (TPSA) is 60.2 Å². The molecule has 0 saturated heterocycles. The summed E-state index contributed by atoms with van der Waals surface area (Å²) in [6.45, 7) is 2.56. The van der Waals surface area contributed by atoms with E-state index in [0.717, 1.165) is 16.9 Å². The van der Waals surface area contributed by atoms with Gasteiger partial charge in [-0.15, -0.1) is 5.10 Å². The third-order valence-corrected chi connectivity index (χ3v) is 4.44. The van der Waals surface area contributed by atoms with Crippen LogP contribution >= 0.6 is 0 Å². The van der Waals surface area contributed by atoms with Crippen molar-refractivity contribution in [2.45, 2.75) is 19.5 Å². The first-order chi connectivity index (χ1) is 12.6. The second-order valence-electron chi connectivity index (χ2n) is 6.15. The Kier molecular flexibility index (Phi) is 5.31. The molecule has 1 aromatic heterocycles. The van der Waals surface area contributed by atoms with Crippen LogP contribution < -0.4 is 4.74 Å². The molecule has 0 aliphatic carbocycles. The van der Waals surface area contributed by atoms with E-state index in [0.29, 0.717) is 12.2 Å². The molecule has 1 heterocycles. The highest BCUT2D eigenvalue weighted by Crippen LogP contribution is 2.22. The molecule has 0 aliphatic rings. The molecular formula is C20H22N4O2. The lowest BCUT2D eigenvalue weighted by atomic mass is 10.1. The largest absolute Gasteiger partial charge is 0.497 e. The number of aromatic nitrogens is 3. The first-order valence-corrected chi connectivity index (χ1v) is 8.43. The van der Waals surface area contributed by atoms with Crippen molar-refractivity contribution in [1.82, 2.24) is 19.9 Å². The summed E-state index contributed by atoms with van der Waals surface area (Å²) in [4.78, 5) is 14.4. The summed E-state index contributed by atoms with van der Waals surface area (Å²) < 4.78 is 6.85. The Bertz CT molecular complexity index is 859. The van der Waals surface area contributed by atoms with Crippen LogP contribution in [0.25, 0.3) is 0 Å². The molecule has 6 heteroatoms. The number of rotatable bonds is 6. The van der Waals surface area contributed by atoms with Gasteiger partial charge < -0.3 is 9.64 Å². The Morgan fingerprint density at radius 1 is 1.15 bits per heavy atom. The van der Waals surface area contributed by atoms with Gasteiger partial charge in [-0.2, -0.15) is 0 Å². The highest BCUT2D eigenvalue weighted by molar-refractivity contribution is 5.92. The predicted molar refractivity (Wildman–Crippen MR) is 99.1 cm³/mol. The van der Waals surface area contributed by atoms with Crippen molar-refractivity contribution in [3.63, 3.8) is 0 Å². The average Bonchev–Trinajstić information content (AvgIpc) is 3.15. The maximum absolute atomic E-state index is 12.7. The Labute approximate surface area is 153 Å². The molecular weight excluding hydrogens is 328 g/mol. The lowest BCUT2D eigenvalue weighted by Gasteiger charge is -2.24. The summed E-state index contributed by atoms with van der Waals surface area (Å²) in [5.41, 5.74) is 2.47. The standard InChI is InChI=1S/C20H22N4O2/c1-15(17-9-11-18(26-3)12-10-17)23(2)20(25)19-14-24(22-21-19)13-16-7-5-4-6-8-16/h4-12,14-15H,13H2,1-3H3. The molecule has 3 rings (SSSR count). The highest BCUT2D eigenvalue weighted by Gasteiger charge is 2.21. The Hall–Kier alpha value is -3.15. The lowest BCUT2D eigenvalue weighted by molar-refractivity contribution is 0.0736. The predicted octanol–water partition coefficient (Wildman–Crippen LogP) is 3.17. The number of amides is 1. The molecule has 134 valence electrons. The van der Waals surface area contributed by atoms with Crippen LogP contribution in [0.4, 0.5) is 0 Å². The molecule has 6 nitrogen and oxygen atoms in total. The van der Waals surface area contributed by atoms with Crippen molar-refractivity contribution in [3.05, 3.63) is 77.6 Å². The van der Waals surface area contributed by atoms with Gasteiger partial charge in [-0.05, 0) is 30.2 Å². The average molecular weight is 350 g/mol. The molecule has 0 aliphatic heterocycles. The SMILES string of the molecule is COc1ccc(C(C)N(C)C(=O)c2cn(Cc3ccccc3)nn2)cc1. The number of benzene rings is 2. The van der Waals surface area contributed by atoms with Gasteiger partial charge in [0.05, 0.1) is 25.9 Å². The molecule has 1 amide bonds. The van der Waals surface area contributed by atoms with Crippen LogP contribution in [0.5, 0.6) is 5.75 Å². The molecule has 26 heavy (non-hydrogen) atoms. The van der Waals surface area contributed by atoms with Gasteiger partial charge in [-0.3, -0.25) is 4.79 Å². The van der Waals surface area contributed by atoms with Crippen LogP contribution in [0.3, 0.4) is 0 Å². The number of nitrogens with zero attached hydrogens (tertiary/aromatic N) is 4.